The summed E-state index contributed by atoms with van der Waals surface area (Å²) < 4.78 is 5.62. The Kier molecular flexibility index (Phi) is 7.88. The summed E-state index contributed by atoms with van der Waals surface area (Å²) in [5.41, 5.74) is 9.71. The molecule has 1 fully saturated rings. The monoisotopic (exact) mass is 408 g/mol. The first kappa shape index (κ1) is 22.3. The van der Waals surface area contributed by atoms with Crippen LogP contribution in [0.25, 0.3) is 0 Å². The summed E-state index contributed by atoms with van der Waals surface area (Å²) in [5, 5.41) is 7.06. The van der Waals surface area contributed by atoms with Crippen molar-refractivity contribution in [1.29, 1.82) is 0 Å². The molecule has 0 aliphatic carbocycles. The predicted molar refractivity (Wildman–Crippen MR) is 126 cm³/mol. The molecule has 0 saturated carbocycles. The number of anilines is 1. The summed E-state index contributed by atoms with van der Waals surface area (Å²) in [6, 6.07) is 19.2. The van der Waals surface area contributed by atoms with Gasteiger partial charge in [0.25, 0.3) is 0 Å². The van der Waals surface area contributed by atoms with Gasteiger partial charge in [0.1, 0.15) is 0 Å². The van der Waals surface area contributed by atoms with E-state index in [0.717, 1.165) is 38.2 Å². The molecule has 5 nitrogen and oxygen atoms in total. The quantitative estimate of drug-likeness (QED) is 0.432. The Labute approximate surface area is 181 Å². The van der Waals surface area contributed by atoms with Crippen LogP contribution in [0.15, 0.2) is 59.6 Å². The topological polar surface area (TPSA) is 71.7 Å². The van der Waals surface area contributed by atoms with Gasteiger partial charge in [0.05, 0.1) is 6.54 Å². The maximum Gasteiger partial charge on any atom is 0.193 e. The van der Waals surface area contributed by atoms with Gasteiger partial charge in [0.15, 0.2) is 5.96 Å². The van der Waals surface area contributed by atoms with Crippen LogP contribution in [0.2, 0.25) is 0 Å². The van der Waals surface area contributed by atoms with Gasteiger partial charge in [-0.3, -0.25) is 4.99 Å². The van der Waals surface area contributed by atoms with Crippen molar-refractivity contribution in [2.75, 3.05) is 25.1 Å². The van der Waals surface area contributed by atoms with Crippen molar-refractivity contribution >= 4 is 11.6 Å². The Bertz CT molecular complexity index is 798. The molecular weight excluding hydrogens is 372 g/mol. The maximum atomic E-state index is 6.23. The normalized spacial score (nSPS) is 18.6. The number of hydrogen-bond donors (Lipinski definition) is 3. The molecule has 0 spiro atoms. The number of benzene rings is 2. The molecule has 1 heterocycles. The van der Waals surface area contributed by atoms with E-state index < -0.39 is 0 Å². The summed E-state index contributed by atoms with van der Waals surface area (Å²) in [6.07, 6.45) is 2.98. The second kappa shape index (κ2) is 10.6. The van der Waals surface area contributed by atoms with Crippen LogP contribution in [0.4, 0.5) is 5.69 Å². The zero-order valence-electron chi connectivity index (χ0n) is 18.5. The Morgan fingerprint density at radius 3 is 2.33 bits per heavy atom. The van der Waals surface area contributed by atoms with Gasteiger partial charge in [-0.25, -0.2) is 0 Å². The summed E-state index contributed by atoms with van der Waals surface area (Å²) in [6.45, 7) is 8.77. The molecule has 0 radical (unpaired) electrons. The molecule has 2 atom stereocenters. The maximum absolute atomic E-state index is 6.23. The zero-order valence-corrected chi connectivity index (χ0v) is 18.5. The van der Waals surface area contributed by atoms with Gasteiger partial charge in [-0.2, -0.15) is 0 Å². The lowest BCUT2D eigenvalue weighted by atomic mass is 9.88. The molecular formula is C25H36N4O. The van der Waals surface area contributed by atoms with E-state index in [1.165, 1.54) is 11.1 Å². The van der Waals surface area contributed by atoms with Crippen molar-refractivity contribution < 1.29 is 4.74 Å². The number of rotatable bonds is 8. The minimum atomic E-state index is -0.111. The van der Waals surface area contributed by atoms with Crippen LogP contribution in [0.1, 0.15) is 63.1 Å². The minimum absolute atomic E-state index is 0.111. The second-order valence-electron chi connectivity index (χ2n) is 8.43. The average Bonchev–Trinajstić information content (AvgIpc) is 2.79. The molecule has 30 heavy (non-hydrogen) atoms. The number of guanidine groups is 1. The van der Waals surface area contributed by atoms with Crippen LogP contribution in [0.5, 0.6) is 0 Å². The fourth-order valence-electron chi connectivity index (χ4n) is 3.95. The highest BCUT2D eigenvalue weighted by molar-refractivity contribution is 5.92. The van der Waals surface area contributed by atoms with Crippen LogP contribution in [0.3, 0.4) is 0 Å². The van der Waals surface area contributed by atoms with Crippen molar-refractivity contribution in [2.24, 2.45) is 10.7 Å². The third-order valence-corrected chi connectivity index (χ3v) is 6.19. The Morgan fingerprint density at radius 2 is 1.70 bits per heavy atom. The fourth-order valence-corrected chi connectivity index (χ4v) is 3.95. The van der Waals surface area contributed by atoms with Gasteiger partial charge in [0, 0.05) is 30.5 Å². The lowest BCUT2D eigenvalue weighted by Crippen LogP contribution is -2.53. The molecule has 0 aromatic heterocycles. The van der Waals surface area contributed by atoms with Crippen molar-refractivity contribution in [3.05, 3.63) is 65.7 Å². The van der Waals surface area contributed by atoms with Gasteiger partial charge >= 0.3 is 0 Å². The summed E-state index contributed by atoms with van der Waals surface area (Å²) in [5.74, 6) is 1.02. The lowest BCUT2D eigenvalue weighted by Gasteiger charge is -2.39. The molecule has 0 bridgehead atoms. The van der Waals surface area contributed by atoms with Crippen molar-refractivity contribution in [1.82, 2.24) is 5.32 Å². The highest BCUT2D eigenvalue weighted by atomic mass is 16.5. The van der Waals surface area contributed by atoms with E-state index in [1.807, 2.05) is 6.07 Å². The SMILES string of the molecule is CCC(C)c1ccc(NC(N)=NCC2(NC(C)c3ccccc3)CCOCC2)cc1. The first-order valence-corrected chi connectivity index (χ1v) is 11.1. The number of aliphatic imine (C=N–C) groups is 1. The molecule has 1 aliphatic heterocycles. The highest BCUT2D eigenvalue weighted by Gasteiger charge is 2.33. The fraction of sp³-hybridized carbons (Fsp3) is 0.480. The third kappa shape index (κ3) is 6.07. The Morgan fingerprint density at radius 1 is 1.03 bits per heavy atom. The molecule has 5 heteroatoms. The molecule has 0 amide bonds. The molecule has 4 N–H and O–H groups in total. The largest absolute Gasteiger partial charge is 0.381 e. The zero-order chi connectivity index (χ0) is 21.4. The first-order valence-electron chi connectivity index (χ1n) is 11.1. The molecule has 2 aromatic carbocycles. The lowest BCUT2D eigenvalue weighted by molar-refractivity contribution is 0.0375. The molecule has 3 rings (SSSR count). The minimum Gasteiger partial charge on any atom is -0.381 e. The second-order valence-corrected chi connectivity index (χ2v) is 8.43. The number of nitrogens with two attached hydrogens (primary N) is 1. The Hall–Kier alpha value is -2.37. The smallest absolute Gasteiger partial charge is 0.193 e. The van der Waals surface area contributed by atoms with E-state index in [2.05, 4.69) is 79.9 Å². The van der Waals surface area contributed by atoms with Crippen LogP contribution in [-0.2, 0) is 4.74 Å². The van der Waals surface area contributed by atoms with Gasteiger partial charge in [0.2, 0.25) is 0 Å². The van der Waals surface area contributed by atoms with E-state index in [-0.39, 0.29) is 11.6 Å². The Balaban J connectivity index is 1.65. The van der Waals surface area contributed by atoms with Crippen LogP contribution < -0.4 is 16.4 Å². The van der Waals surface area contributed by atoms with Crippen molar-refractivity contribution in [3.63, 3.8) is 0 Å². The summed E-state index contributed by atoms with van der Waals surface area (Å²) >= 11 is 0. The van der Waals surface area contributed by atoms with Crippen LogP contribution in [-0.4, -0.2) is 31.3 Å². The third-order valence-electron chi connectivity index (χ3n) is 6.19. The number of ether oxygens (including phenoxy) is 1. The van der Waals surface area contributed by atoms with E-state index >= 15 is 0 Å². The number of nitrogens with one attached hydrogen (secondary N) is 2. The standard InChI is InChI=1S/C25H36N4O/c1-4-19(2)21-10-12-23(13-11-21)28-24(26)27-18-25(14-16-30-17-15-25)29-20(3)22-8-6-5-7-9-22/h5-13,19-20,29H,4,14-18H2,1-3H3,(H3,26,27,28). The van der Waals surface area contributed by atoms with E-state index in [9.17, 15) is 0 Å². The van der Waals surface area contributed by atoms with Crippen LogP contribution >= 0.6 is 0 Å². The molecule has 2 aromatic rings. The molecule has 162 valence electrons. The summed E-state index contributed by atoms with van der Waals surface area (Å²) in [7, 11) is 0. The predicted octanol–water partition coefficient (Wildman–Crippen LogP) is 4.83. The average molecular weight is 409 g/mol. The van der Waals surface area contributed by atoms with Gasteiger partial charge < -0.3 is 21.1 Å². The molecule has 1 saturated heterocycles. The molecule has 2 unspecified atom stereocenters. The van der Waals surface area contributed by atoms with Crippen LogP contribution in [0, 0.1) is 0 Å². The number of nitrogens with zero attached hydrogens (tertiary/aromatic N) is 1. The van der Waals surface area contributed by atoms with Gasteiger partial charge in [-0.1, -0.05) is 56.3 Å². The number of hydrogen-bond acceptors (Lipinski definition) is 3. The van der Waals surface area contributed by atoms with E-state index in [0.29, 0.717) is 18.4 Å². The van der Waals surface area contributed by atoms with Gasteiger partial charge in [-0.15, -0.1) is 0 Å². The summed E-state index contributed by atoms with van der Waals surface area (Å²) in [4.78, 5) is 4.70. The highest BCUT2D eigenvalue weighted by Crippen LogP contribution is 2.26. The van der Waals surface area contributed by atoms with Gasteiger partial charge in [-0.05, 0) is 55.4 Å². The first-order chi connectivity index (χ1) is 14.5. The van der Waals surface area contributed by atoms with E-state index in [4.69, 9.17) is 15.5 Å². The molecule has 1 aliphatic rings. The van der Waals surface area contributed by atoms with E-state index in [1.54, 1.807) is 0 Å². The van der Waals surface area contributed by atoms with Crippen molar-refractivity contribution in [2.45, 2.75) is 57.5 Å². The van der Waals surface area contributed by atoms with Crippen molar-refractivity contribution in [3.8, 4) is 0 Å².